The van der Waals surface area contributed by atoms with Crippen LogP contribution in [0.1, 0.15) is 30.1 Å². The second kappa shape index (κ2) is 6.00. The number of hydrogen-bond donors (Lipinski definition) is 1. The van der Waals surface area contributed by atoms with Gasteiger partial charge in [0.15, 0.2) is 0 Å². The van der Waals surface area contributed by atoms with Gasteiger partial charge >= 0.3 is 0 Å². The topological polar surface area (TPSA) is 46.3 Å². The maximum Gasteiger partial charge on any atom is 0.255 e. The number of hydrogen-bond acceptors (Lipinski definition) is 2. The number of likely N-dealkylation sites (tertiary alicyclic amines) is 1. The van der Waals surface area contributed by atoms with E-state index in [1.54, 1.807) is 12.1 Å². The lowest BCUT2D eigenvalue weighted by Crippen LogP contribution is -2.46. The Kier molecular flexibility index (Phi) is 4.72. The van der Waals surface area contributed by atoms with Gasteiger partial charge in [-0.3, -0.25) is 4.79 Å². The molecule has 1 aromatic carbocycles. The molecule has 0 aliphatic carbocycles. The molecular formula is C14H16BrClN2OS. The molecule has 1 fully saturated rings. The number of amides is 1. The minimum Gasteiger partial charge on any atom is -0.393 e. The van der Waals surface area contributed by atoms with Gasteiger partial charge in [0.25, 0.3) is 5.91 Å². The number of carbonyl (C=O) groups excluding carboxylic acids is 1. The van der Waals surface area contributed by atoms with Crippen LogP contribution < -0.4 is 5.73 Å². The lowest BCUT2D eigenvalue weighted by molar-refractivity contribution is 0.0670. The van der Waals surface area contributed by atoms with Gasteiger partial charge < -0.3 is 10.6 Å². The van der Waals surface area contributed by atoms with Crippen LogP contribution in [0.25, 0.3) is 0 Å². The Balaban J connectivity index is 2.13. The maximum atomic E-state index is 12.5. The van der Waals surface area contributed by atoms with Crippen molar-refractivity contribution >= 4 is 50.6 Å². The Labute approximate surface area is 137 Å². The average Bonchev–Trinajstić information content (AvgIpc) is 2.41. The number of halogens is 2. The molecule has 2 N–H and O–H groups in total. The van der Waals surface area contributed by atoms with E-state index in [4.69, 9.17) is 29.6 Å². The van der Waals surface area contributed by atoms with Crippen molar-refractivity contribution in [3.05, 3.63) is 33.3 Å². The van der Waals surface area contributed by atoms with Crippen LogP contribution in [0, 0.1) is 5.41 Å². The SMILES string of the molecule is CC1(C(N)=S)CCN(C(=O)c2cc(Br)ccc2Cl)CC1. The molecule has 20 heavy (non-hydrogen) atoms. The first kappa shape index (κ1) is 15.7. The van der Waals surface area contributed by atoms with E-state index in [0.717, 1.165) is 17.3 Å². The van der Waals surface area contributed by atoms with Crippen LogP contribution in [0.5, 0.6) is 0 Å². The molecule has 1 aromatic rings. The van der Waals surface area contributed by atoms with Crippen molar-refractivity contribution in [1.29, 1.82) is 0 Å². The average molecular weight is 376 g/mol. The first-order valence-corrected chi connectivity index (χ1v) is 7.96. The summed E-state index contributed by atoms with van der Waals surface area (Å²) in [6.07, 6.45) is 1.58. The Hall–Kier alpha value is -0.650. The number of nitrogens with zero attached hydrogens (tertiary/aromatic N) is 1. The minimum absolute atomic E-state index is 0.0405. The molecule has 0 bridgehead atoms. The Bertz CT molecular complexity index is 556. The van der Waals surface area contributed by atoms with Crippen LogP contribution in [0.2, 0.25) is 5.02 Å². The fourth-order valence-corrected chi connectivity index (χ4v) is 3.05. The molecule has 2 rings (SSSR count). The summed E-state index contributed by atoms with van der Waals surface area (Å²) in [5.41, 5.74) is 6.16. The zero-order chi connectivity index (χ0) is 14.9. The summed E-state index contributed by atoms with van der Waals surface area (Å²) in [5, 5.41) is 0.473. The van der Waals surface area contributed by atoms with Gasteiger partial charge in [0, 0.05) is 23.0 Å². The van der Waals surface area contributed by atoms with Crippen molar-refractivity contribution < 1.29 is 4.79 Å². The molecule has 1 amide bonds. The minimum atomic E-state index is -0.146. The predicted octanol–water partition coefficient (Wildman–Crippen LogP) is 3.63. The molecule has 1 aliphatic rings. The Morgan fingerprint density at radius 3 is 2.60 bits per heavy atom. The Morgan fingerprint density at radius 1 is 1.45 bits per heavy atom. The van der Waals surface area contributed by atoms with Crippen molar-refractivity contribution in [1.82, 2.24) is 4.90 Å². The molecule has 3 nitrogen and oxygen atoms in total. The number of rotatable bonds is 2. The Morgan fingerprint density at radius 2 is 2.05 bits per heavy atom. The van der Waals surface area contributed by atoms with E-state index >= 15 is 0 Å². The molecule has 0 unspecified atom stereocenters. The molecule has 1 aliphatic heterocycles. The van der Waals surface area contributed by atoms with E-state index in [1.165, 1.54) is 0 Å². The van der Waals surface area contributed by atoms with Gasteiger partial charge in [0.05, 0.1) is 15.6 Å². The predicted molar refractivity (Wildman–Crippen MR) is 89.2 cm³/mol. The molecule has 1 saturated heterocycles. The van der Waals surface area contributed by atoms with Gasteiger partial charge in [0.1, 0.15) is 0 Å². The van der Waals surface area contributed by atoms with E-state index < -0.39 is 0 Å². The van der Waals surface area contributed by atoms with Crippen LogP contribution in [0.3, 0.4) is 0 Å². The molecule has 6 heteroatoms. The smallest absolute Gasteiger partial charge is 0.255 e. The number of nitrogens with two attached hydrogens (primary N) is 1. The van der Waals surface area contributed by atoms with Crippen LogP contribution in [0.4, 0.5) is 0 Å². The van der Waals surface area contributed by atoms with E-state index in [0.29, 0.717) is 28.7 Å². The fraction of sp³-hybridized carbons (Fsp3) is 0.429. The monoisotopic (exact) mass is 374 g/mol. The summed E-state index contributed by atoms with van der Waals surface area (Å²) in [6, 6.07) is 5.30. The fourth-order valence-electron chi connectivity index (χ4n) is 2.28. The first-order chi connectivity index (χ1) is 9.33. The van der Waals surface area contributed by atoms with E-state index in [-0.39, 0.29) is 11.3 Å². The molecule has 0 radical (unpaired) electrons. The van der Waals surface area contributed by atoms with Crippen LogP contribution in [-0.2, 0) is 0 Å². The summed E-state index contributed by atoms with van der Waals surface area (Å²) in [6.45, 7) is 3.36. The molecular weight excluding hydrogens is 360 g/mol. The summed E-state index contributed by atoms with van der Waals surface area (Å²) in [4.78, 5) is 14.9. The highest BCUT2D eigenvalue weighted by Gasteiger charge is 2.34. The summed E-state index contributed by atoms with van der Waals surface area (Å²) in [5.74, 6) is -0.0405. The van der Waals surface area contributed by atoms with Crippen LogP contribution >= 0.6 is 39.7 Å². The van der Waals surface area contributed by atoms with Gasteiger partial charge in [-0.15, -0.1) is 0 Å². The summed E-state index contributed by atoms with van der Waals surface area (Å²) in [7, 11) is 0. The van der Waals surface area contributed by atoms with Crippen molar-refractivity contribution in [3.8, 4) is 0 Å². The van der Waals surface area contributed by atoms with Gasteiger partial charge in [-0.05, 0) is 31.0 Å². The molecule has 0 atom stereocenters. The highest BCUT2D eigenvalue weighted by atomic mass is 79.9. The number of carbonyl (C=O) groups is 1. The van der Waals surface area contributed by atoms with E-state index in [2.05, 4.69) is 22.9 Å². The first-order valence-electron chi connectivity index (χ1n) is 6.38. The zero-order valence-electron chi connectivity index (χ0n) is 11.2. The standard InChI is InChI=1S/C14H16BrClN2OS/c1-14(13(17)20)4-6-18(7-5-14)12(19)10-8-9(15)2-3-11(10)16/h2-3,8H,4-7H2,1H3,(H2,17,20). The molecule has 0 saturated carbocycles. The maximum absolute atomic E-state index is 12.5. The van der Waals surface area contributed by atoms with Crippen LogP contribution in [0.15, 0.2) is 22.7 Å². The third-order valence-electron chi connectivity index (χ3n) is 3.91. The molecule has 1 heterocycles. The van der Waals surface area contributed by atoms with Gasteiger partial charge in [-0.1, -0.05) is 46.7 Å². The normalized spacial score (nSPS) is 17.9. The van der Waals surface area contributed by atoms with Gasteiger partial charge in [0.2, 0.25) is 0 Å². The molecule has 108 valence electrons. The van der Waals surface area contributed by atoms with Crippen molar-refractivity contribution in [2.45, 2.75) is 19.8 Å². The zero-order valence-corrected chi connectivity index (χ0v) is 14.3. The molecule has 0 spiro atoms. The number of piperidine rings is 1. The van der Waals surface area contributed by atoms with Crippen molar-refractivity contribution in [3.63, 3.8) is 0 Å². The second-order valence-electron chi connectivity index (χ2n) is 5.34. The lowest BCUT2D eigenvalue weighted by atomic mass is 9.80. The van der Waals surface area contributed by atoms with Gasteiger partial charge in [-0.2, -0.15) is 0 Å². The molecule has 0 aromatic heterocycles. The van der Waals surface area contributed by atoms with E-state index in [1.807, 2.05) is 11.0 Å². The lowest BCUT2D eigenvalue weighted by Gasteiger charge is -2.38. The number of benzene rings is 1. The highest BCUT2D eigenvalue weighted by molar-refractivity contribution is 9.10. The third kappa shape index (κ3) is 3.15. The van der Waals surface area contributed by atoms with Gasteiger partial charge in [-0.25, -0.2) is 0 Å². The summed E-state index contributed by atoms with van der Waals surface area (Å²) >= 11 is 14.6. The summed E-state index contributed by atoms with van der Waals surface area (Å²) < 4.78 is 0.843. The number of thiocarbonyl (C=S) groups is 1. The quantitative estimate of drug-likeness (QED) is 0.803. The van der Waals surface area contributed by atoms with Crippen LogP contribution in [-0.4, -0.2) is 28.9 Å². The van der Waals surface area contributed by atoms with Crippen molar-refractivity contribution in [2.75, 3.05) is 13.1 Å². The highest BCUT2D eigenvalue weighted by Crippen LogP contribution is 2.32. The van der Waals surface area contributed by atoms with E-state index in [9.17, 15) is 4.79 Å². The second-order valence-corrected chi connectivity index (χ2v) is 7.10. The largest absolute Gasteiger partial charge is 0.393 e. The third-order valence-corrected chi connectivity index (χ3v) is 5.22. The van der Waals surface area contributed by atoms with Crippen molar-refractivity contribution in [2.24, 2.45) is 11.1 Å².